The molecule has 0 radical (unpaired) electrons. The lowest BCUT2D eigenvalue weighted by atomic mass is 9.69. The maximum Gasteiger partial charge on any atom is 0.222 e. The zero-order chi connectivity index (χ0) is 17.0. The second-order valence-electron chi connectivity index (χ2n) is 7.86. The number of carbonyl (C=O) groups excluding carboxylic acids is 1. The second-order valence-corrected chi connectivity index (χ2v) is 7.86. The van der Waals surface area contributed by atoms with Crippen molar-refractivity contribution >= 4 is 5.91 Å². The summed E-state index contributed by atoms with van der Waals surface area (Å²) in [6.07, 6.45) is 6.48. The molecular formula is C19H33N3O. The first-order valence-corrected chi connectivity index (χ1v) is 9.12. The van der Waals surface area contributed by atoms with Gasteiger partial charge in [0.1, 0.15) is 0 Å². The van der Waals surface area contributed by atoms with E-state index in [2.05, 4.69) is 37.3 Å². The van der Waals surface area contributed by atoms with Crippen molar-refractivity contribution in [3.63, 3.8) is 0 Å². The van der Waals surface area contributed by atoms with Crippen molar-refractivity contribution in [1.29, 1.82) is 0 Å². The highest BCUT2D eigenvalue weighted by Gasteiger charge is 2.32. The Morgan fingerprint density at radius 1 is 1.30 bits per heavy atom. The van der Waals surface area contributed by atoms with Crippen LogP contribution >= 0.6 is 0 Å². The van der Waals surface area contributed by atoms with E-state index in [0.29, 0.717) is 24.4 Å². The average molecular weight is 319 g/mol. The summed E-state index contributed by atoms with van der Waals surface area (Å²) in [5, 5.41) is 7.64. The highest BCUT2D eigenvalue weighted by Crippen LogP contribution is 2.40. The zero-order valence-corrected chi connectivity index (χ0v) is 15.5. The second kappa shape index (κ2) is 7.50. The standard InChI is InChI=1S/C19H33N3O/c1-6-19(4,5)16-7-9-17(10-8-16)20-18(23)11-12-22-15(3)13-14(2)21-22/h13,16-17H,6-12H2,1-5H3,(H,20,23). The van der Waals surface area contributed by atoms with Gasteiger partial charge in [0.2, 0.25) is 5.91 Å². The number of aryl methyl sites for hydroxylation is 3. The molecule has 4 heteroatoms. The molecule has 0 atom stereocenters. The maximum absolute atomic E-state index is 12.2. The van der Waals surface area contributed by atoms with E-state index in [4.69, 9.17) is 0 Å². The van der Waals surface area contributed by atoms with Crippen molar-refractivity contribution in [3.8, 4) is 0 Å². The molecule has 1 saturated carbocycles. The third-order valence-corrected chi connectivity index (χ3v) is 5.76. The summed E-state index contributed by atoms with van der Waals surface area (Å²) in [6.45, 7) is 11.7. The molecule has 2 rings (SSSR count). The van der Waals surface area contributed by atoms with Gasteiger partial charge in [0.25, 0.3) is 0 Å². The van der Waals surface area contributed by atoms with Crippen LogP contribution in [-0.2, 0) is 11.3 Å². The summed E-state index contributed by atoms with van der Waals surface area (Å²) >= 11 is 0. The van der Waals surface area contributed by atoms with Gasteiger partial charge >= 0.3 is 0 Å². The van der Waals surface area contributed by atoms with E-state index in [-0.39, 0.29) is 5.91 Å². The Morgan fingerprint density at radius 2 is 1.96 bits per heavy atom. The van der Waals surface area contributed by atoms with E-state index in [1.807, 2.05) is 18.5 Å². The summed E-state index contributed by atoms with van der Waals surface area (Å²) in [6, 6.07) is 2.42. The number of hydrogen-bond acceptors (Lipinski definition) is 2. The van der Waals surface area contributed by atoms with Crippen LogP contribution in [0, 0.1) is 25.2 Å². The van der Waals surface area contributed by atoms with Crippen molar-refractivity contribution < 1.29 is 4.79 Å². The van der Waals surface area contributed by atoms with Crippen molar-refractivity contribution in [2.24, 2.45) is 11.3 Å². The molecule has 130 valence electrons. The van der Waals surface area contributed by atoms with Gasteiger partial charge in [-0.05, 0) is 56.9 Å². The summed E-state index contributed by atoms with van der Waals surface area (Å²) in [5.41, 5.74) is 2.57. The molecule has 0 aromatic carbocycles. The van der Waals surface area contributed by atoms with Crippen molar-refractivity contribution in [2.75, 3.05) is 0 Å². The van der Waals surface area contributed by atoms with Crippen LogP contribution in [0.2, 0.25) is 0 Å². The summed E-state index contributed by atoms with van der Waals surface area (Å²) in [4.78, 5) is 12.2. The smallest absolute Gasteiger partial charge is 0.222 e. The largest absolute Gasteiger partial charge is 0.353 e. The molecule has 23 heavy (non-hydrogen) atoms. The van der Waals surface area contributed by atoms with Gasteiger partial charge in [0.15, 0.2) is 0 Å². The van der Waals surface area contributed by atoms with E-state index < -0.39 is 0 Å². The predicted molar refractivity (Wildman–Crippen MR) is 94.3 cm³/mol. The van der Waals surface area contributed by atoms with Gasteiger partial charge in [0.05, 0.1) is 5.69 Å². The molecular weight excluding hydrogens is 286 g/mol. The lowest BCUT2D eigenvalue weighted by molar-refractivity contribution is -0.122. The van der Waals surface area contributed by atoms with Crippen molar-refractivity contribution in [3.05, 3.63) is 17.5 Å². The SMILES string of the molecule is CCC(C)(C)C1CCC(NC(=O)CCn2nc(C)cc2C)CC1. The number of aromatic nitrogens is 2. The third kappa shape index (κ3) is 4.82. The minimum Gasteiger partial charge on any atom is -0.353 e. The van der Waals surface area contributed by atoms with E-state index in [1.54, 1.807) is 0 Å². The van der Waals surface area contributed by atoms with E-state index >= 15 is 0 Å². The summed E-state index contributed by atoms with van der Waals surface area (Å²) < 4.78 is 1.93. The number of amides is 1. The van der Waals surface area contributed by atoms with Crippen LogP contribution in [0.3, 0.4) is 0 Å². The first-order chi connectivity index (χ1) is 10.8. The molecule has 0 unspecified atom stereocenters. The number of nitrogens with zero attached hydrogens (tertiary/aromatic N) is 2. The molecule has 1 aromatic heterocycles. The summed E-state index contributed by atoms with van der Waals surface area (Å²) in [7, 11) is 0. The van der Waals surface area contributed by atoms with Gasteiger partial charge in [-0.2, -0.15) is 5.10 Å². The summed E-state index contributed by atoms with van der Waals surface area (Å²) in [5.74, 6) is 0.964. The van der Waals surface area contributed by atoms with Crippen LogP contribution in [0.4, 0.5) is 0 Å². The van der Waals surface area contributed by atoms with E-state index in [1.165, 1.54) is 19.3 Å². The maximum atomic E-state index is 12.2. The molecule has 0 saturated heterocycles. The van der Waals surface area contributed by atoms with Crippen LogP contribution in [0.15, 0.2) is 6.07 Å². The van der Waals surface area contributed by atoms with E-state index in [9.17, 15) is 4.79 Å². The Morgan fingerprint density at radius 3 is 2.48 bits per heavy atom. The van der Waals surface area contributed by atoms with Crippen LogP contribution in [0.5, 0.6) is 0 Å². The predicted octanol–water partition coefficient (Wildman–Crippen LogP) is 4.00. The third-order valence-electron chi connectivity index (χ3n) is 5.76. The van der Waals surface area contributed by atoms with Gasteiger partial charge < -0.3 is 5.32 Å². The van der Waals surface area contributed by atoms with Gasteiger partial charge in [-0.25, -0.2) is 0 Å². The quantitative estimate of drug-likeness (QED) is 0.861. The minimum absolute atomic E-state index is 0.163. The Bertz CT molecular complexity index is 525. The molecule has 0 spiro atoms. The Kier molecular flexibility index (Phi) is 5.88. The Hall–Kier alpha value is -1.32. The molecule has 1 heterocycles. The van der Waals surface area contributed by atoms with Crippen LogP contribution < -0.4 is 5.32 Å². The Labute approximate surface area is 141 Å². The number of carbonyl (C=O) groups is 1. The minimum atomic E-state index is 0.163. The highest BCUT2D eigenvalue weighted by molar-refractivity contribution is 5.76. The first-order valence-electron chi connectivity index (χ1n) is 9.12. The molecule has 1 fully saturated rings. The number of nitrogens with one attached hydrogen (secondary N) is 1. The molecule has 1 N–H and O–H groups in total. The van der Waals surface area contributed by atoms with Crippen molar-refractivity contribution in [2.45, 2.75) is 85.7 Å². The Balaban J connectivity index is 1.74. The van der Waals surface area contributed by atoms with Crippen LogP contribution in [-0.4, -0.2) is 21.7 Å². The highest BCUT2D eigenvalue weighted by atomic mass is 16.1. The fourth-order valence-corrected chi connectivity index (χ4v) is 3.72. The van der Waals surface area contributed by atoms with Gasteiger partial charge in [-0.3, -0.25) is 9.48 Å². The molecule has 0 aliphatic heterocycles. The molecule has 1 amide bonds. The van der Waals surface area contributed by atoms with E-state index in [0.717, 1.165) is 30.1 Å². The van der Waals surface area contributed by atoms with Gasteiger partial charge in [-0.1, -0.05) is 27.2 Å². The van der Waals surface area contributed by atoms with Crippen LogP contribution in [0.25, 0.3) is 0 Å². The fourth-order valence-electron chi connectivity index (χ4n) is 3.72. The lowest BCUT2D eigenvalue weighted by Crippen LogP contribution is -2.40. The molecule has 0 bridgehead atoms. The van der Waals surface area contributed by atoms with Gasteiger partial charge in [0, 0.05) is 24.7 Å². The average Bonchev–Trinajstić information content (AvgIpc) is 2.83. The number of hydrogen-bond donors (Lipinski definition) is 1. The van der Waals surface area contributed by atoms with Crippen molar-refractivity contribution in [1.82, 2.24) is 15.1 Å². The molecule has 1 aliphatic carbocycles. The zero-order valence-electron chi connectivity index (χ0n) is 15.5. The lowest BCUT2D eigenvalue weighted by Gasteiger charge is -2.39. The molecule has 1 aliphatic rings. The van der Waals surface area contributed by atoms with Crippen LogP contribution in [0.1, 0.15) is 70.7 Å². The molecule has 4 nitrogen and oxygen atoms in total. The fraction of sp³-hybridized carbons (Fsp3) is 0.789. The molecule has 1 aromatic rings. The normalized spacial score (nSPS) is 22.1. The number of rotatable bonds is 6. The monoisotopic (exact) mass is 319 g/mol. The van der Waals surface area contributed by atoms with Gasteiger partial charge in [-0.15, -0.1) is 0 Å². The topological polar surface area (TPSA) is 46.9 Å². The first kappa shape index (κ1) is 18.0.